The number of piperidine rings is 1. The molecule has 0 radical (unpaired) electrons. The van der Waals surface area contributed by atoms with Crippen LogP contribution in [0.4, 0.5) is 8.78 Å². The highest BCUT2D eigenvalue weighted by Gasteiger charge is 2.58. The highest BCUT2D eigenvalue weighted by atomic mass is 32.2. The van der Waals surface area contributed by atoms with Gasteiger partial charge in [-0.3, -0.25) is 4.79 Å². The normalized spacial score (nSPS) is 27.8. The van der Waals surface area contributed by atoms with Crippen LogP contribution in [0.5, 0.6) is 0 Å². The second-order valence-corrected chi connectivity index (χ2v) is 8.73. The third-order valence-electron chi connectivity index (χ3n) is 4.92. The highest BCUT2D eigenvalue weighted by molar-refractivity contribution is 7.89. The average molecular weight is 358 g/mol. The molecule has 2 aliphatic rings. The number of sulfonamides is 1. The minimum Gasteiger partial charge on any atom is -0.345 e. The molecule has 2 saturated heterocycles. The first-order valence-corrected chi connectivity index (χ1v) is 9.21. The second kappa shape index (κ2) is 5.49. The van der Waals surface area contributed by atoms with Gasteiger partial charge in [0, 0.05) is 26.6 Å². The summed E-state index contributed by atoms with van der Waals surface area (Å²) < 4.78 is 55.2. The van der Waals surface area contributed by atoms with Crippen LogP contribution in [0.1, 0.15) is 18.4 Å². The number of hydrogen-bond acceptors (Lipinski definition) is 3. The number of amides is 1. The predicted octanol–water partition coefficient (Wildman–Crippen LogP) is 1.87. The number of nitrogens with zero attached hydrogens (tertiary/aromatic N) is 2. The van der Waals surface area contributed by atoms with Crippen molar-refractivity contribution in [3.8, 4) is 0 Å². The monoisotopic (exact) mass is 358 g/mol. The molecule has 0 aromatic heterocycles. The number of hydrogen-bond donors (Lipinski definition) is 0. The van der Waals surface area contributed by atoms with Crippen LogP contribution in [0.3, 0.4) is 0 Å². The molecular formula is C16H20F2N2O3S. The summed E-state index contributed by atoms with van der Waals surface area (Å²) in [6.07, 6.45) is -0.347. The number of alkyl halides is 2. The molecule has 5 nitrogen and oxygen atoms in total. The van der Waals surface area contributed by atoms with E-state index in [1.165, 1.54) is 11.0 Å². The van der Waals surface area contributed by atoms with Crippen molar-refractivity contribution in [1.29, 1.82) is 0 Å². The van der Waals surface area contributed by atoms with E-state index < -0.39 is 40.2 Å². The lowest BCUT2D eigenvalue weighted by Gasteiger charge is -2.42. The Bertz CT molecular complexity index is 781. The zero-order valence-electron chi connectivity index (χ0n) is 13.6. The Morgan fingerprint density at radius 1 is 1.17 bits per heavy atom. The molecule has 24 heavy (non-hydrogen) atoms. The van der Waals surface area contributed by atoms with Crippen LogP contribution in [0, 0.1) is 12.3 Å². The number of rotatable bonds is 2. The molecule has 3 rings (SSSR count). The van der Waals surface area contributed by atoms with Crippen LogP contribution in [-0.2, 0) is 14.8 Å². The van der Waals surface area contributed by atoms with Gasteiger partial charge in [-0.1, -0.05) is 18.2 Å². The Labute approximate surface area is 140 Å². The molecule has 132 valence electrons. The van der Waals surface area contributed by atoms with E-state index in [2.05, 4.69) is 0 Å². The van der Waals surface area contributed by atoms with E-state index in [0.717, 1.165) is 4.31 Å². The minimum absolute atomic E-state index is 0.0108. The third kappa shape index (κ3) is 2.71. The number of benzene rings is 1. The van der Waals surface area contributed by atoms with Crippen LogP contribution < -0.4 is 0 Å². The summed E-state index contributed by atoms with van der Waals surface area (Å²) in [6.45, 7) is 0.914. The van der Waals surface area contributed by atoms with Gasteiger partial charge in [0.15, 0.2) is 0 Å². The molecule has 1 atom stereocenters. The first-order valence-electron chi connectivity index (χ1n) is 7.77. The van der Waals surface area contributed by atoms with Crippen molar-refractivity contribution in [3.63, 3.8) is 0 Å². The molecule has 0 N–H and O–H groups in total. The predicted molar refractivity (Wildman–Crippen MR) is 84.2 cm³/mol. The first kappa shape index (κ1) is 17.3. The molecule has 0 aliphatic carbocycles. The van der Waals surface area contributed by atoms with Gasteiger partial charge in [0.2, 0.25) is 15.9 Å². The second-order valence-electron chi connectivity index (χ2n) is 6.83. The Morgan fingerprint density at radius 3 is 2.42 bits per heavy atom. The zero-order chi connectivity index (χ0) is 17.8. The molecule has 1 spiro atoms. The van der Waals surface area contributed by atoms with Crippen molar-refractivity contribution in [2.24, 2.45) is 5.41 Å². The van der Waals surface area contributed by atoms with Gasteiger partial charge in [0.25, 0.3) is 5.92 Å². The maximum atomic E-state index is 14.3. The highest BCUT2D eigenvalue weighted by Crippen LogP contribution is 2.46. The first-order chi connectivity index (χ1) is 11.1. The molecule has 8 heteroatoms. The topological polar surface area (TPSA) is 57.7 Å². The molecule has 0 saturated carbocycles. The van der Waals surface area contributed by atoms with Gasteiger partial charge in [0.05, 0.1) is 16.9 Å². The van der Waals surface area contributed by atoms with Gasteiger partial charge in [-0.2, -0.15) is 4.31 Å². The van der Waals surface area contributed by atoms with Gasteiger partial charge in [-0.25, -0.2) is 17.2 Å². The molecule has 2 heterocycles. The van der Waals surface area contributed by atoms with E-state index in [1.807, 2.05) is 0 Å². The van der Waals surface area contributed by atoms with Gasteiger partial charge in [0.1, 0.15) is 0 Å². The summed E-state index contributed by atoms with van der Waals surface area (Å²) in [5.74, 6) is -3.62. The van der Waals surface area contributed by atoms with Gasteiger partial charge >= 0.3 is 0 Å². The van der Waals surface area contributed by atoms with Crippen LogP contribution in [0.2, 0.25) is 0 Å². The summed E-state index contributed by atoms with van der Waals surface area (Å²) >= 11 is 0. The third-order valence-corrected chi connectivity index (χ3v) is 6.87. The summed E-state index contributed by atoms with van der Waals surface area (Å²) in [4.78, 5) is 13.8. The lowest BCUT2D eigenvalue weighted by molar-refractivity contribution is -0.148. The van der Waals surface area contributed by atoms with Crippen molar-refractivity contribution >= 4 is 15.9 Å². The number of likely N-dealkylation sites (tertiary alicyclic amines) is 1. The maximum Gasteiger partial charge on any atom is 0.262 e. The number of carbonyl (C=O) groups is 1. The Balaban J connectivity index is 2.02. The van der Waals surface area contributed by atoms with Crippen LogP contribution in [-0.4, -0.2) is 56.1 Å². The van der Waals surface area contributed by atoms with Crippen molar-refractivity contribution in [2.45, 2.75) is 30.6 Å². The summed E-state index contributed by atoms with van der Waals surface area (Å²) in [6, 6.07) is 6.29. The van der Waals surface area contributed by atoms with E-state index in [-0.39, 0.29) is 17.9 Å². The standard InChI is InChI=1S/C16H20F2N2O3S/c1-12-5-3-4-6-13(12)24(22,23)20-10-15(9-16(17,18)11-20)7-8-19(2)14(15)21/h3-6H,7-11H2,1-2H3/t15-/m1/s1. The van der Waals surface area contributed by atoms with E-state index >= 15 is 0 Å². The number of halogens is 2. The van der Waals surface area contributed by atoms with Crippen molar-refractivity contribution in [1.82, 2.24) is 9.21 Å². The minimum atomic E-state index is -4.09. The Kier molecular flexibility index (Phi) is 3.95. The molecule has 1 amide bonds. The smallest absolute Gasteiger partial charge is 0.262 e. The lowest BCUT2D eigenvalue weighted by atomic mass is 9.78. The van der Waals surface area contributed by atoms with Crippen LogP contribution in [0.15, 0.2) is 29.2 Å². The number of carbonyl (C=O) groups excluding carboxylic acids is 1. The Morgan fingerprint density at radius 2 is 1.83 bits per heavy atom. The fourth-order valence-corrected chi connectivity index (χ4v) is 5.50. The molecule has 1 aromatic carbocycles. The van der Waals surface area contributed by atoms with Crippen molar-refractivity contribution in [3.05, 3.63) is 29.8 Å². The quantitative estimate of drug-likeness (QED) is 0.811. The molecule has 2 fully saturated rings. The largest absolute Gasteiger partial charge is 0.345 e. The fraction of sp³-hybridized carbons (Fsp3) is 0.562. The van der Waals surface area contributed by atoms with Crippen molar-refractivity contribution in [2.75, 3.05) is 26.7 Å². The summed E-state index contributed by atoms with van der Waals surface area (Å²) in [5, 5.41) is 0. The molecule has 0 bridgehead atoms. The molecular weight excluding hydrogens is 338 g/mol. The van der Waals surface area contributed by atoms with E-state index in [1.54, 1.807) is 32.2 Å². The fourth-order valence-electron chi connectivity index (χ4n) is 3.72. The van der Waals surface area contributed by atoms with E-state index in [0.29, 0.717) is 12.1 Å². The van der Waals surface area contributed by atoms with Gasteiger partial charge in [-0.15, -0.1) is 0 Å². The van der Waals surface area contributed by atoms with Gasteiger partial charge < -0.3 is 4.90 Å². The average Bonchev–Trinajstić information content (AvgIpc) is 2.74. The van der Waals surface area contributed by atoms with E-state index in [4.69, 9.17) is 0 Å². The van der Waals surface area contributed by atoms with Gasteiger partial charge in [-0.05, 0) is 25.0 Å². The lowest BCUT2D eigenvalue weighted by Crippen LogP contribution is -2.56. The maximum absolute atomic E-state index is 14.3. The summed E-state index contributed by atoms with van der Waals surface area (Å²) in [5.41, 5.74) is -0.831. The van der Waals surface area contributed by atoms with Crippen molar-refractivity contribution < 1.29 is 22.0 Å². The van der Waals surface area contributed by atoms with Crippen LogP contribution in [0.25, 0.3) is 0 Å². The zero-order valence-corrected chi connectivity index (χ0v) is 14.4. The van der Waals surface area contributed by atoms with Crippen LogP contribution >= 0.6 is 0 Å². The molecule has 1 aromatic rings. The van der Waals surface area contributed by atoms with E-state index in [9.17, 15) is 22.0 Å². The molecule has 2 aliphatic heterocycles. The SMILES string of the molecule is Cc1ccccc1S(=O)(=O)N1CC(F)(F)C[C@]2(CCN(C)C2=O)C1. The number of aryl methyl sites for hydroxylation is 1. The molecule has 0 unspecified atom stereocenters. The Hall–Kier alpha value is -1.54. The summed E-state index contributed by atoms with van der Waals surface area (Å²) in [7, 11) is -2.53.